The van der Waals surface area contributed by atoms with Crippen molar-refractivity contribution in [2.45, 2.75) is 30.5 Å². The average molecular weight is 495 g/mol. The Morgan fingerprint density at radius 2 is 1.97 bits per heavy atom. The number of aromatic hydroxyl groups is 1. The zero-order valence-electron chi connectivity index (χ0n) is 19.3. The van der Waals surface area contributed by atoms with Crippen LogP contribution in [0.4, 0.5) is 0 Å². The number of nitrogens with one attached hydrogen (secondary N) is 1. The van der Waals surface area contributed by atoms with Crippen molar-refractivity contribution in [3.63, 3.8) is 0 Å². The number of amides is 1. The number of hydrogen-bond donors (Lipinski definition) is 2. The number of nitrogens with zero attached hydrogens (tertiary/aromatic N) is 3. The molecule has 9 nitrogen and oxygen atoms in total. The Hall–Kier alpha value is -3.53. The van der Waals surface area contributed by atoms with Crippen molar-refractivity contribution in [2.75, 3.05) is 26.0 Å². The van der Waals surface area contributed by atoms with Crippen LogP contribution in [0.25, 0.3) is 0 Å². The number of carbonyl (C=O) groups is 1. The number of methoxy groups -OCH3 is 1. The Kier molecular flexibility index (Phi) is 6.38. The van der Waals surface area contributed by atoms with E-state index < -0.39 is 5.56 Å². The lowest BCUT2D eigenvalue weighted by Gasteiger charge is -2.42. The van der Waals surface area contributed by atoms with Crippen LogP contribution in [0.3, 0.4) is 0 Å². The Bertz CT molecular complexity index is 1370. The molecule has 2 aliphatic rings. The van der Waals surface area contributed by atoms with Gasteiger partial charge in [-0.15, -0.1) is 0 Å². The Balaban J connectivity index is 1.23. The SMILES string of the molecule is COc1ccc(Cc2c(O)nc(SCC(=O)N3CC4CC(C3)c3cccc(=O)n3C4)[nH]c2=O)cc1. The fraction of sp³-hybridized carbons (Fsp3) is 0.360. The number of carbonyl (C=O) groups excluding carboxylic acids is 1. The Morgan fingerprint density at radius 3 is 2.71 bits per heavy atom. The topological polar surface area (TPSA) is 118 Å². The summed E-state index contributed by atoms with van der Waals surface area (Å²) in [4.78, 5) is 46.4. The van der Waals surface area contributed by atoms with E-state index in [-0.39, 0.29) is 52.1 Å². The summed E-state index contributed by atoms with van der Waals surface area (Å²) in [5, 5.41) is 10.6. The molecule has 4 heterocycles. The van der Waals surface area contributed by atoms with Crippen LogP contribution in [-0.2, 0) is 17.8 Å². The standard InChI is InChI=1S/C25H26N4O5S/c1-34-18-7-5-15(6-8-18)10-19-23(32)26-25(27-24(19)33)35-14-22(31)28-11-16-9-17(13-28)20-3-2-4-21(30)29(20)12-16/h2-8,16-17H,9-14H2,1H3,(H2,26,27,32,33). The van der Waals surface area contributed by atoms with Gasteiger partial charge in [-0.05, 0) is 36.1 Å². The normalized spacial score (nSPS) is 18.7. The number of thioether (sulfide) groups is 1. The fourth-order valence-corrected chi connectivity index (χ4v) is 5.72. The first-order valence-corrected chi connectivity index (χ1v) is 12.4. The van der Waals surface area contributed by atoms with Crippen molar-refractivity contribution in [3.8, 4) is 11.6 Å². The predicted octanol–water partition coefficient (Wildman–Crippen LogP) is 1.97. The quantitative estimate of drug-likeness (QED) is 0.397. The van der Waals surface area contributed by atoms with Gasteiger partial charge in [-0.3, -0.25) is 14.4 Å². The highest BCUT2D eigenvalue weighted by molar-refractivity contribution is 7.99. The summed E-state index contributed by atoms with van der Waals surface area (Å²) in [5.41, 5.74) is 1.57. The molecule has 0 spiro atoms. The summed E-state index contributed by atoms with van der Waals surface area (Å²) < 4.78 is 6.97. The van der Waals surface area contributed by atoms with Crippen molar-refractivity contribution in [1.82, 2.24) is 19.4 Å². The molecule has 2 aliphatic heterocycles. The number of aromatic nitrogens is 3. The molecule has 35 heavy (non-hydrogen) atoms. The van der Waals surface area contributed by atoms with Crippen molar-refractivity contribution >= 4 is 17.7 Å². The number of benzene rings is 1. The van der Waals surface area contributed by atoms with Gasteiger partial charge in [0.1, 0.15) is 5.75 Å². The van der Waals surface area contributed by atoms with Gasteiger partial charge < -0.3 is 24.3 Å². The molecule has 0 saturated carbocycles. The van der Waals surface area contributed by atoms with Gasteiger partial charge in [-0.1, -0.05) is 30.0 Å². The van der Waals surface area contributed by atoms with Crippen LogP contribution in [0.1, 0.15) is 29.2 Å². The third-order valence-electron chi connectivity index (χ3n) is 6.68. The summed E-state index contributed by atoms with van der Waals surface area (Å²) in [6, 6.07) is 12.5. The van der Waals surface area contributed by atoms with Crippen molar-refractivity contribution < 1.29 is 14.6 Å². The molecular formula is C25H26N4O5S. The zero-order valence-corrected chi connectivity index (χ0v) is 20.1. The molecule has 10 heteroatoms. The number of rotatable bonds is 6. The van der Waals surface area contributed by atoms with E-state index >= 15 is 0 Å². The lowest BCUT2D eigenvalue weighted by atomic mass is 9.83. The fourth-order valence-electron chi connectivity index (χ4n) is 4.96. The summed E-state index contributed by atoms with van der Waals surface area (Å²) in [7, 11) is 1.58. The molecule has 0 radical (unpaired) electrons. The summed E-state index contributed by atoms with van der Waals surface area (Å²) >= 11 is 1.10. The van der Waals surface area contributed by atoms with E-state index in [1.54, 1.807) is 31.4 Å². The molecule has 2 aromatic heterocycles. The van der Waals surface area contributed by atoms with E-state index in [1.807, 2.05) is 27.7 Å². The van der Waals surface area contributed by atoms with Gasteiger partial charge >= 0.3 is 0 Å². The van der Waals surface area contributed by atoms with Gasteiger partial charge in [-0.25, -0.2) is 0 Å². The Morgan fingerprint density at radius 1 is 1.17 bits per heavy atom. The number of piperidine rings is 1. The minimum absolute atomic E-state index is 0.0119. The van der Waals surface area contributed by atoms with Gasteiger partial charge in [0.2, 0.25) is 11.8 Å². The van der Waals surface area contributed by atoms with E-state index in [4.69, 9.17) is 4.74 Å². The maximum atomic E-state index is 13.0. The molecule has 1 aromatic carbocycles. The number of H-pyrrole nitrogens is 1. The van der Waals surface area contributed by atoms with Crippen LogP contribution in [0.5, 0.6) is 11.6 Å². The minimum Gasteiger partial charge on any atom is -0.497 e. The monoisotopic (exact) mass is 494 g/mol. The molecule has 3 aromatic rings. The summed E-state index contributed by atoms with van der Waals surface area (Å²) in [5.74, 6) is 0.798. The minimum atomic E-state index is -0.433. The second kappa shape index (κ2) is 9.61. The molecular weight excluding hydrogens is 468 g/mol. The first-order valence-electron chi connectivity index (χ1n) is 11.5. The highest BCUT2D eigenvalue weighted by Gasteiger charge is 2.36. The number of fused-ring (bicyclic) bond motifs is 4. The molecule has 2 atom stereocenters. The second-order valence-electron chi connectivity index (χ2n) is 8.98. The maximum absolute atomic E-state index is 13.0. The number of ether oxygens (including phenoxy) is 1. The third-order valence-corrected chi connectivity index (χ3v) is 7.53. The molecule has 2 N–H and O–H groups in total. The second-order valence-corrected chi connectivity index (χ2v) is 9.95. The van der Waals surface area contributed by atoms with E-state index in [0.717, 1.165) is 29.4 Å². The molecule has 0 aliphatic carbocycles. The van der Waals surface area contributed by atoms with Gasteiger partial charge in [0, 0.05) is 43.7 Å². The van der Waals surface area contributed by atoms with Gasteiger partial charge in [-0.2, -0.15) is 4.98 Å². The Labute approximate surface area is 205 Å². The number of likely N-dealkylation sites (tertiary alicyclic amines) is 1. The predicted molar refractivity (Wildman–Crippen MR) is 131 cm³/mol. The van der Waals surface area contributed by atoms with Crippen LogP contribution in [-0.4, -0.2) is 56.4 Å². The molecule has 2 unspecified atom stereocenters. The van der Waals surface area contributed by atoms with E-state index in [0.29, 0.717) is 25.4 Å². The van der Waals surface area contributed by atoms with E-state index in [9.17, 15) is 19.5 Å². The first kappa shape index (κ1) is 23.2. The van der Waals surface area contributed by atoms with Crippen LogP contribution >= 0.6 is 11.8 Å². The molecule has 1 amide bonds. The number of aromatic amines is 1. The maximum Gasteiger partial charge on any atom is 0.258 e. The third kappa shape index (κ3) is 4.84. The average Bonchev–Trinajstić information content (AvgIpc) is 2.85. The first-order chi connectivity index (χ1) is 16.9. The molecule has 1 saturated heterocycles. The van der Waals surface area contributed by atoms with Gasteiger partial charge in [0.05, 0.1) is 18.4 Å². The number of pyridine rings is 1. The highest BCUT2D eigenvalue weighted by atomic mass is 32.2. The lowest BCUT2D eigenvalue weighted by molar-refractivity contribution is -0.131. The highest BCUT2D eigenvalue weighted by Crippen LogP contribution is 2.35. The molecule has 182 valence electrons. The smallest absolute Gasteiger partial charge is 0.258 e. The molecule has 5 rings (SSSR count). The van der Waals surface area contributed by atoms with E-state index in [1.165, 1.54) is 0 Å². The van der Waals surface area contributed by atoms with Crippen LogP contribution in [0.15, 0.2) is 57.2 Å². The summed E-state index contributed by atoms with van der Waals surface area (Å²) in [6.07, 6.45) is 1.20. The van der Waals surface area contributed by atoms with Gasteiger partial charge in [0.25, 0.3) is 11.1 Å². The summed E-state index contributed by atoms with van der Waals surface area (Å²) in [6.45, 7) is 1.79. The largest absolute Gasteiger partial charge is 0.497 e. The number of hydrogen-bond acceptors (Lipinski definition) is 7. The van der Waals surface area contributed by atoms with Crippen LogP contribution in [0.2, 0.25) is 0 Å². The van der Waals surface area contributed by atoms with Gasteiger partial charge in [0.15, 0.2) is 5.16 Å². The van der Waals surface area contributed by atoms with Crippen molar-refractivity contribution in [2.24, 2.45) is 5.92 Å². The molecule has 2 bridgehead atoms. The molecule has 1 fully saturated rings. The van der Waals surface area contributed by atoms with Crippen molar-refractivity contribution in [3.05, 3.63) is 80.0 Å². The van der Waals surface area contributed by atoms with Crippen molar-refractivity contribution in [1.29, 1.82) is 0 Å². The zero-order chi connectivity index (χ0) is 24.5. The van der Waals surface area contributed by atoms with Crippen LogP contribution in [0, 0.1) is 5.92 Å². The van der Waals surface area contributed by atoms with E-state index in [2.05, 4.69) is 9.97 Å². The lowest BCUT2D eigenvalue weighted by Crippen LogP contribution is -2.49. The van der Waals surface area contributed by atoms with Crippen LogP contribution < -0.4 is 15.9 Å².